The van der Waals surface area contributed by atoms with Crippen LogP contribution in [-0.4, -0.2) is 45.2 Å². The molecule has 0 radical (unpaired) electrons. The molecule has 0 fully saturated rings. The van der Waals surface area contributed by atoms with Gasteiger partial charge in [-0.25, -0.2) is 4.98 Å². The Balaban J connectivity index is 2.17. The normalized spacial score (nSPS) is 12.2. The summed E-state index contributed by atoms with van der Waals surface area (Å²) in [7, 11) is 0. The standard InChI is InChI=1S/C27H33N5O2/c1-27(2,3)25(32(14-8-13-28)24(34)19-33)26-30-23(22-11-5-4-6-12-22)18-31(26)17-21-10-7-9-20(15-21)16-29/h4-7,9-12,15,18,25,33H,8,13-14,17,19,28H2,1-3H3/t25-/m0/s1. The number of hydrogen-bond donors (Lipinski definition) is 2. The molecule has 0 saturated carbocycles. The number of nitrogens with zero attached hydrogens (tertiary/aromatic N) is 4. The number of benzene rings is 2. The van der Waals surface area contributed by atoms with Gasteiger partial charge in [-0.15, -0.1) is 0 Å². The van der Waals surface area contributed by atoms with Gasteiger partial charge in [0.1, 0.15) is 12.4 Å². The van der Waals surface area contributed by atoms with Gasteiger partial charge in [0.2, 0.25) is 5.91 Å². The molecule has 1 aromatic heterocycles. The van der Waals surface area contributed by atoms with E-state index in [-0.39, 0.29) is 11.3 Å². The van der Waals surface area contributed by atoms with Crippen molar-refractivity contribution >= 4 is 5.91 Å². The summed E-state index contributed by atoms with van der Waals surface area (Å²) in [6.45, 7) is 6.98. The van der Waals surface area contributed by atoms with Crippen LogP contribution >= 0.6 is 0 Å². The van der Waals surface area contributed by atoms with E-state index in [0.29, 0.717) is 31.6 Å². The monoisotopic (exact) mass is 459 g/mol. The molecular formula is C27H33N5O2. The number of imidazole rings is 1. The lowest BCUT2D eigenvalue weighted by Crippen LogP contribution is -2.44. The lowest BCUT2D eigenvalue weighted by atomic mass is 9.84. The molecule has 0 saturated heterocycles. The predicted octanol–water partition coefficient (Wildman–Crippen LogP) is 3.73. The Hall–Kier alpha value is -3.47. The zero-order valence-corrected chi connectivity index (χ0v) is 20.1. The summed E-state index contributed by atoms with van der Waals surface area (Å²) in [5.41, 5.74) is 8.72. The van der Waals surface area contributed by atoms with Crippen LogP contribution in [0.3, 0.4) is 0 Å². The summed E-state index contributed by atoms with van der Waals surface area (Å²) in [5.74, 6) is 0.378. The molecule has 0 aliphatic rings. The maximum absolute atomic E-state index is 12.9. The molecule has 0 aliphatic carbocycles. The van der Waals surface area contributed by atoms with E-state index >= 15 is 0 Å². The van der Waals surface area contributed by atoms with Crippen molar-refractivity contribution in [2.24, 2.45) is 11.1 Å². The smallest absolute Gasteiger partial charge is 0.248 e. The highest BCUT2D eigenvalue weighted by molar-refractivity contribution is 5.77. The van der Waals surface area contributed by atoms with E-state index in [1.54, 1.807) is 11.0 Å². The number of nitriles is 1. The number of aliphatic hydroxyl groups is 1. The molecule has 2 aromatic carbocycles. The molecule has 0 aliphatic heterocycles. The van der Waals surface area contributed by atoms with Crippen molar-refractivity contribution in [1.82, 2.24) is 14.5 Å². The van der Waals surface area contributed by atoms with Gasteiger partial charge in [-0.05, 0) is 36.1 Å². The highest BCUT2D eigenvalue weighted by Crippen LogP contribution is 2.39. The number of hydrogen-bond acceptors (Lipinski definition) is 5. The molecule has 3 rings (SSSR count). The third-order valence-corrected chi connectivity index (χ3v) is 5.72. The molecule has 3 N–H and O–H groups in total. The van der Waals surface area contributed by atoms with Crippen LogP contribution in [0.4, 0.5) is 0 Å². The van der Waals surface area contributed by atoms with Crippen LogP contribution in [-0.2, 0) is 11.3 Å². The van der Waals surface area contributed by atoms with Crippen molar-refractivity contribution in [3.05, 3.63) is 77.7 Å². The summed E-state index contributed by atoms with van der Waals surface area (Å²) in [4.78, 5) is 19.6. The Morgan fingerprint density at radius 1 is 1.21 bits per heavy atom. The van der Waals surface area contributed by atoms with Gasteiger partial charge in [-0.1, -0.05) is 63.2 Å². The van der Waals surface area contributed by atoms with Gasteiger partial charge < -0.3 is 20.3 Å². The number of aliphatic hydroxyl groups excluding tert-OH is 1. The number of rotatable bonds is 9. The van der Waals surface area contributed by atoms with Crippen LogP contribution in [0.2, 0.25) is 0 Å². The third kappa shape index (κ3) is 5.90. The minimum atomic E-state index is -0.576. The summed E-state index contributed by atoms with van der Waals surface area (Å²) in [6.07, 6.45) is 2.61. The minimum Gasteiger partial charge on any atom is -0.387 e. The summed E-state index contributed by atoms with van der Waals surface area (Å²) in [6, 6.07) is 19.2. The van der Waals surface area contributed by atoms with Gasteiger partial charge in [0.15, 0.2) is 0 Å². The molecule has 3 aromatic rings. The quantitative estimate of drug-likeness (QED) is 0.507. The van der Waals surface area contributed by atoms with E-state index in [0.717, 1.165) is 22.6 Å². The molecular weight excluding hydrogens is 426 g/mol. The van der Waals surface area contributed by atoms with Crippen molar-refractivity contribution in [3.63, 3.8) is 0 Å². The Kier molecular flexibility index (Phi) is 8.21. The van der Waals surface area contributed by atoms with Crippen molar-refractivity contribution in [1.29, 1.82) is 5.26 Å². The van der Waals surface area contributed by atoms with Gasteiger partial charge >= 0.3 is 0 Å². The second-order valence-corrected chi connectivity index (χ2v) is 9.45. The first-order valence-corrected chi connectivity index (χ1v) is 11.5. The molecule has 7 heteroatoms. The van der Waals surface area contributed by atoms with E-state index in [4.69, 9.17) is 10.7 Å². The van der Waals surface area contributed by atoms with Crippen molar-refractivity contribution in [2.45, 2.75) is 39.8 Å². The summed E-state index contributed by atoms with van der Waals surface area (Å²) >= 11 is 0. The number of carbonyl (C=O) groups excluding carboxylic acids is 1. The topological polar surface area (TPSA) is 108 Å². The Labute approximate surface area is 201 Å². The second-order valence-electron chi connectivity index (χ2n) is 9.45. The fraction of sp³-hybridized carbons (Fsp3) is 0.370. The predicted molar refractivity (Wildman–Crippen MR) is 133 cm³/mol. The van der Waals surface area contributed by atoms with E-state index in [1.165, 1.54) is 0 Å². The maximum Gasteiger partial charge on any atom is 0.248 e. The van der Waals surface area contributed by atoms with E-state index in [2.05, 4.69) is 31.4 Å². The summed E-state index contributed by atoms with van der Waals surface area (Å²) < 4.78 is 2.05. The highest BCUT2D eigenvalue weighted by atomic mass is 16.3. The maximum atomic E-state index is 12.9. The van der Waals surface area contributed by atoms with Crippen LogP contribution in [0.5, 0.6) is 0 Å². The van der Waals surface area contributed by atoms with Crippen molar-refractivity contribution in [3.8, 4) is 17.3 Å². The summed E-state index contributed by atoms with van der Waals surface area (Å²) in [5, 5.41) is 19.1. The lowest BCUT2D eigenvalue weighted by Gasteiger charge is -2.40. The zero-order chi connectivity index (χ0) is 24.7. The molecule has 34 heavy (non-hydrogen) atoms. The van der Waals surface area contributed by atoms with Crippen LogP contribution in [0.1, 0.15) is 50.2 Å². The average molecular weight is 460 g/mol. The third-order valence-electron chi connectivity index (χ3n) is 5.72. The molecule has 178 valence electrons. The van der Waals surface area contributed by atoms with Gasteiger partial charge in [-0.3, -0.25) is 4.79 Å². The fourth-order valence-corrected chi connectivity index (χ4v) is 4.20. The first-order chi connectivity index (χ1) is 16.3. The highest BCUT2D eigenvalue weighted by Gasteiger charge is 2.37. The number of carbonyl (C=O) groups is 1. The lowest BCUT2D eigenvalue weighted by molar-refractivity contribution is -0.139. The number of nitrogens with two attached hydrogens (primary N) is 1. The van der Waals surface area contributed by atoms with E-state index in [1.807, 2.05) is 54.7 Å². The Bertz CT molecular complexity index is 1140. The van der Waals surface area contributed by atoms with Gasteiger partial charge in [0.05, 0.1) is 23.4 Å². The number of amides is 1. The largest absolute Gasteiger partial charge is 0.387 e. The molecule has 1 heterocycles. The SMILES string of the molecule is CC(C)(C)[C@H](c1nc(-c2ccccc2)cn1Cc1cccc(C#N)c1)N(CCCN)C(=O)CO. The number of aromatic nitrogens is 2. The zero-order valence-electron chi connectivity index (χ0n) is 20.1. The molecule has 1 amide bonds. The van der Waals surface area contributed by atoms with Crippen LogP contribution in [0.15, 0.2) is 60.8 Å². The van der Waals surface area contributed by atoms with E-state index < -0.39 is 12.6 Å². The van der Waals surface area contributed by atoms with Crippen molar-refractivity contribution < 1.29 is 9.90 Å². The van der Waals surface area contributed by atoms with Crippen LogP contribution in [0.25, 0.3) is 11.3 Å². The molecule has 0 unspecified atom stereocenters. The molecule has 1 atom stereocenters. The van der Waals surface area contributed by atoms with Crippen LogP contribution in [0, 0.1) is 16.7 Å². The van der Waals surface area contributed by atoms with Gasteiger partial charge in [0.25, 0.3) is 0 Å². The van der Waals surface area contributed by atoms with E-state index in [9.17, 15) is 15.2 Å². The minimum absolute atomic E-state index is 0.351. The first kappa shape index (κ1) is 25.2. The Morgan fingerprint density at radius 3 is 2.56 bits per heavy atom. The van der Waals surface area contributed by atoms with Gasteiger partial charge in [0, 0.05) is 24.8 Å². The van der Waals surface area contributed by atoms with Gasteiger partial charge in [-0.2, -0.15) is 5.26 Å². The Morgan fingerprint density at radius 2 is 1.94 bits per heavy atom. The molecule has 0 spiro atoms. The molecule has 0 bridgehead atoms. The molecule has 7 nitrogen and oxygen atoms in total. The average Bonchev–Trinajstić information content (AvgIpc) is 3.23. The fourth-order valence-electron chi connectivity index (χ4n) is 4.20. The van der Waals surface area contributed by atoms with Crippen LogP contribution < -0.4 is 5.73 Å². The van der Waals surface area contributed by atoms with Crippen molar-refractivity contribution in [2.75, 3.05) is 19.7 Å². The second kappa shape index (κ2) is 11.1. The first-order valence-electron chi connectivity index (χ1n) is 11.5.